The van der Waals surface area contributed by atoms with Gasteiger partial charge in [0.05, 0.1) is 6.61 Å². The van der Waals surface area contributed by atoms with Gasteiger partial charge in [-0.2, -0.15) is 0 Å². The van der Waals surface area contributed by atoms with Gasteiger partial charge in [-0.1, -0.05) is 44.0 Å². The quantitative estimate of drug-likeness (QED) is 0.621. The summed E-state index contributed by atoms with van der Waals surface area (Å²) in [5, 5.41) is 8.48. The zero-order chi connectivity index (χ0) is 13.1. The molecule has 0 spiro atoms. The van der Waals surface area contributed by atoms with E-state index in [1.165, 1.54) is 37.2 Å². The molecule has 0 aromatic carbocycles. The van der Waals surface area contributed by atoms with Crippen molar-refractivity contribution in [1.82, 2.24) is 9.59 Å². The van der Waals surface area contributed by atoms with Crippen molar-refractivity contribution in [2.45, 2.75) is 59.0 Å². The highest BCUT2D eigenvalue weighted by molar-refractivity contribution is 7.10. The van der Waals surface area contributed by atoms with Crippen LogP contribution in [0.3, 0.4) is 0 Å². The minimum atomic E-state index is 0.580. The highest BCUT2D eigenvalue weighted by Crippen LogP contribution is 2.18. The molecule has 0 aliphatic carbocycles. The lowest BCUT2D eigenvalue weighted by molar-refractivity contribution is 0.114. The lowest BCUT2D eigenvalue weighted by Crippen LogP contribution is -2.03. The van der Waals surface area contributed by atoms with E-state index in [2.05, 4.69) is 28.8 Å². The van der Waals surface area contributed by atoms with Crippen molar-refractivity contribution in [3.05, 3.63) is 5.69 Å². The fourth-order valence-electron chi connectivity index (χ4n) is 1.65. The second-order valence-electron chi connectivity index (χ2n) is 4.44. The Hall–Kier alpha value is -0.680. The van der Waals surface area contributed by atoms with E-state index in [0.29, 0.717) is 6.61 Å². The molecule has 0 aliphatic rings. The Bertz CT molecular complexity index is 304. The highest BCUT2D eigenvalue weighted by atomic mass is 32.1. The molecule has 0 aliphatic heterocycles. The van der Waals surface area contributed by atoms with Crippen LogP contribution in [-0.2, 0) is 11.3 Å². The third kappa shape index (κ3) is 6.31. The number of unbranched alkanes of at least 4 members (excludes halogenated alkanes) is 4. The van der Waals surface area contributed by atoms with Crippen molar-refractivity contribution in [1.29, 1.82) is 0 Å². The molecule has 0 fully saturated rings. The summed E-state index contributed by atoms with van der Waals surface area (Å²) in [7, 11) is 0. The molecule has 0 unspecified atom stereocenters. The maximum absolute atomic E-state index is 5.64. The molecule has 0 saturated heterocycles. The van der Waals surface area contributed by atoms with Gasteiger partial charge in [0.2, 0.25) is 0 Å². The van der Waals surface area contributed by atoms with Gasteiger partial charge in [0.1, 0.15) is 10.7 Å². The Morgan fingerprint density at radius 1 is 1.11 bits per heavy atom. The van der Waals surface area contributed by atoms with E-state index in [0.717, 1.165) is 36.7 Å². The summed E-state index contributed by atoms with van der Waals surface area (Å²) >= 11 is 1.41. The number of ether oxygens (including phenoxy) is 1. The van der Waals surface area contributed by atoms with Gasteiger partial charge in [0, 0.05) is 24.7 Å². The van der Waals surface area contributed by atoms with Crippen LogP contribution in [0.15, 0.2) is 0 Å². The van der Waals surface area contributed by atoms with Gasteiger partial charge in [0.15, 0.2) is 0 Å². The van der Waals surface area contributed by atoms with Crippen LogP contribution >= 0.6 is 11.5 Å². The molecule has 1 heterocycles. The monoisotopic (exact) mass is 271 g/mol. The van der Waals surface area contributed by atoms with E-state index in [4.69, 9.17) is 4.74 Å². The topological polar surface area (TPSA) is 47.0 Å². The summed E-state index contributed by atoms with van der Waals surface area (Å²) in [5.41, 5.74) is 0.946. The van der Waals surface area contributed by atoms with Gasteiger partial charge in [-0.25, -0.2) is 0 Å². The molecule has 0 amide bonds. The number of hydrogen-bond donors (Lipinski definition) is 1. The van der Waals surface area contributed by atoms with Gasteiger partial charge >= 0.3 is 0 Å². The van der Waals surface area contributed by atoms with Crippen molar-refractivity contribution >= 4 is 16.5 Å². The molecule has 0 atom stereocenters. The van der Waals surface area contributed by atoms with Crippen LogP contribution < -0.4 is 5.32 Å². The van der Waals surface area contributed by atoms with Crippen LogP contribution in [0.5, 0.6) is 0 Å². The summed E-state index contributed by atoms with van der Waals surface area (Å²) < 4.78 is 9.61. The molecular weight excluding hydrogens is 246 g/mol. The maximum Gasteiger partial charge on any atom is 0.135 e. The first-order chi connectivity index (χ1) is 8.88. The number of anilines is 1. The molecule has 0 bridgehead atoms. The molecule has 4 nitrogen and oxygen atoms in total. The van der Waals surface area contributed by atoms with Gasteiger partial charge in [-0.3, -0.25) is 0 Å². The van der Waals surface area contributed by atoms with Gasteiger partial charge in [-0.15, -0.1) is 5.10 Å². The van der Waals surface area contributed by atoms with Gasteiger partial charge in [-0.05, 0) is 12.8 Å². The molecule has 104 valence electrons. The lowest BCUT2D eigenvalue weighted by Gasteiger charge is -2.05. The molecular formula is C13H25N3OS. The second-order valence-corrected chi connectivity index (χ2v) is 5.20. The minimum absolute atomic E-state index is 0.580. The summed E-state index contributed by atoms with van der Waals surface area (Å²) in [4.78, 5) is 0. The number of hydrogen-bond acceptors (Lipinski definition) is 5. The van der Waals surface area contributed by atoms with Crippen LogP contribution in [0.2, 0.25) is 0 Å². The third-order valence-corrected chi connectivity index (χ3v) is 3.45. The predicted molar refractivity (Wildman–Crippen MR) is 77.1 cm³/mol. The largest absolute Gasteiger partial charge is 0.375 e. The first-order valence-corrected chi connectivity index (χ1v) is 7.78. The molecule has 0 radical (unpaired) electrons. The van der Waals surface area contributed by atoms with Crippen molar-refractivity contribution in [2.75, 3.05) is 18.5 Å². The number of nitrogens with one attached hydrogen (secondary N) is 1. The summed E-state index contributed by atoms with van der Waals surface area (Å²) in [6.45, 7) is 6.75. The smallest absolute Gasteiger partial charge is 0.135 e. The highest BCUT2D eigenvalue weighted by Gasteiger charge is 2.06. The van der Waals surface area contributed by atoms with Crippen LogP contribution in [0.25, 0.3) is 0 Å². The number of aromatic nitrogens is 2. The molecule has 0 saturated carbocycles. The van der Waals surface area contributed by atoms with Crippen LogP contribution in [0, 0.1) is 0 Å². The normalized spacial score (nSPS) is 10.8. The zero-order valence-corrected chi connectivity index (χ0v) is 12.4. The molecule has 18 heavy (non-hydrogen) atoms. The SMILES string of the molecule is CCCCCCCOCc1nnsc1NCCC. The van der Waals surface area contributed by atoms with E-state index in [1.807, 2.05) is 0 Å². The van der Waals surface area contributed by atoms with Crippen LogP contribution in [-0.4, -0.2) is 22.7 Å². The summed E-state index contributed by atoms with van der Waals surface area (Å²) in [6.07, 6.45) is 7.47. The molecule has 1 N–H and O–H groups in total. The number of rotatable bonds is 11. The Labute approximate surface area is 114 Å². The van der Waals surface area contributed by atoms with Gasteiger partial charge < -0.3 is 10.1 Å². The zero-order valence-electron chi connectivity index (χ0n) is 11.6. The fourth-order valence-corrected chi connectivity index (χ4v) is 2.25. The first kappa shape index (κ1) is 15.4. The van der Waals surface area contributed by atoms with E-state index in [9.17, 15) is 0 Å². The van der Waals surface area contributed by atoms with E-state index in [-0.39, 0.29) is 0 Å². The Morgan fingerprint density at radius 2 is 1.94 bits per heavy atom. The van der Waals surface area contributed by atoms with Crippen molar-refractivity contribution in [3.8, 4) is 0 Å². The van der Waals surface area contributed by atoms with E-state index < -0.39 is 0 Å². The minimum Gasteiger partial charge on any atom is -0.375 e. The van der Waals surface area contributed by atoms with Gasteiger partial charge in [0.25, 0.3) is 0 Å². The van der Waals surface area contributed by atoms with E-state index in [1.54, 1.807) is 0 Å². The average Bonchev–Trinajstić information content (AvgIpc) is 2.83. The number of nitrogens with zero attached hydrogens (tertiary/aromatic N) is 2. The first-order valence-electron chi connectivity index (χ1n) is 7.01. The van der Waals surface area contributed by atoms with Crippen LogP contribution in [0.4, 0.5) is 5.00 Å². The summed E-state index contributed by atoms with van der Waals surface area (Å²) in [5.74, 6) is 0. The fraction of sp³-hybridized carbons (Fsp3) is 0.846. The molecule has 1 aromatic rings. The molecule has 1 rings (SSSR count). The molecule has 5 heteroatoms. The lowest BCUT2D eigenvalue weighted by atomic mass is 10.2. The molecule has 1 aromatic heterocycles. The predicted octanol–water partition coefficient (Wildman–Crippen LogP) is 3.85. The maximum atomic E-state index is 5.64. The Morgan fingerprint density at radius 3 is 2.72 bits per heavy atom. The summed E-state index contributed by atoms with van der Waals surface area (Å²) in [6, 6.07) is 0. The standard InChI is InChI=1S/C13H25N3OS/c1-3-5-6-7-8-10-17-11-12-13(14-9-4-2)18-16-15-12/h14H,3-11H2,1-2H3. The Balaban J connectivity index is 2.09. The third-order valence-electron chi connectivity index (χ3n) is 2.72. The van der Waals surface area contributed by atoms with Crippen molar-refractivity contribution in [2.24, 2.45) is 0 Å². The van der Waals surface area contributed by atoms with Crippen molar-refractivity contribution < 1.29 is 4.74 Å². The average molecular weight is 271 g/mol. The van der Waals surface area contributed by atoms with Crippen LogP contribution in [0.1, 0.15) is 58.1 Å². The second kappa shape index (κ2) is 10.3. The van der Waals surface area contributed by atoms with E-state index >= 15 is 0 Å². The van der Waals surface area contributed by atoms with Crippen molar-refractivity contribution in [3.63, 3.8) is 0 Å². The Kier molecular flexibility index (Phi) is 8.77.